The molecule has 28 heavy (non-hydrogen) atoms. The molecule has 0 saturated heterocycles. The minimum Gasteiger partial charge on any atom is -0.368 e. The van der Waals surface area contributed by atoms with Crippen molar-refractivity contribution in [3.05, 3.63) is 64.3 Å². The second-order valence-corrected chi connectivity index (χ2v) is 7.46. The van der Waals surface area contributed by atoms with E-state index in [0.29, 0.717) is 26.7 Å². The van der Waals surface area contributed by atoms with E-state index in [1.165, 1.54) is 11.3 Å². The first-order valence-corrected chi connectivity index (χ1v) is 9.14. The highest BCUT2D eigenvalue weighted by Crippen LogP contribution is 2.45. The number of hydrogen-bond acceptors (Lipinski definition) is 4. The normalized spacial score (nSPS) is 16.7. The number of hydrogen-bond donors (Lipinski definition) is 2. The van der Waals surface area contributed by atoms with Gasteiger partial charge in [0.1, 0.15) is 0 Å². The molecule has 0 bridgehead atoms. The summed E-state index contributed by atoms with van der Waals surface area (Å²) in [4.78, 5) is 17.9. The predicted octanol–water partition coefficient (Wildman–Crippen LogP) is 5.53. The summed E-state index contributed by atoms with van der Waals surface area (Å²) in [5.74, 6) is 0. The van der Waals surface area contributed by atoms with Crippen LogP contribution in [-0.2, 0) is 6.18 Å². The Hall–Kier alpha value is -2.62. The number of aromatic nitrogens is 1. The number of nitrogens with one attached hydrogen (secondary N) is 1. The van der Waals surface area contributed by atoms with Gasteiger partial charge in [-0.1, -0.05) is 29.8 Å². The van der Waals surface area contributed by atoms with E-state index in [0.717, 1.165) is 22.7 Å². The second-order valence-electron chi connectivity index (χ2n) is 5.97. The maximum Gasteiger partial charge on any atom is 0.417 e. The third kappa shape index (κ3) is 3.21. The van der Waals surface area contributed by atoms with Crippen LogP contribution in [0.15, 0.2) is 48.8 Å². The van der Waals surface area contributed by atoms with Crippen LogP contribution < -0.4 is 10.2 Å². The molecule has 1 unspecified atom stereocenters. The first-order chi connectivity index (χ1) is 13.3. The van der Waals surface area contributed by atoms with Crippen molar-refractivity contribution < 1.29 is 23.1 Å². The molecule has 144 valence electrons. The van der Waals surface area contributed by atoms with E-state index in [1.807, 2.05) is 0 Å². The number of carbonyl (C=O) groups is 1. The summed E-state index contributed by atoms with van der Waals surface area (Å²) >= 11 is 7.39. The summed E-state index contributed by atoms with van der Waals surface area (Å²) in [6.07, 6.45) is -4.34. The smallest absolute Gasteiger partial charge is 0.368 e. The van der Waals surface area contributed by atoms with Crippen LogP contribution in [0, 0.1) is 0 Å². The molecule has 0 saturated carbocycles. The molecule has 2 aromatic heterocycles. The lowest BCUT2D eigenvalue weighted by molar-refractivity contribution is -0.137. The van der Waals surface area contributed by atoms with Crippen LogP contribution in [0.4, 0.5) is 29.3 Å². The average molecular weight is 426 g/mol. The van der Waals surface area contributed by atoms with Gasteiger partial charge in [0.15, 0.2) is 6.23 Å². The molecule has 3 heterocycles. The number of anilines is 2. The number of aliphatic hydroxyl groups excluding tert-OH is 1. The maximum atomic E-state index is 13.0. The van der Waals surface area contributed by atoms with Gasteiger partial charge in [0, 0.05) is 21.7 Å². The standard InChI is InChI=1S/C18H11ClF3N3O2S/c19-12-4-2-1-3-11(12)14-6-13-15(28-14)16(26)25(17(27)24-13)10-5-9(7-23-8-10)18(20,21)22/h1-8,16,26H,(H,24,27). The number of amides is 2. The molecule has 0 radical (unpaired) electrons. The summed E-state index contributed by atoms with van der Waals surface area (Å²) in [7, 11) is 0. The van der Waals surface area contributed by atoms with E-state index in [-0.39, 0.29) is 5.69 Å². The van der Waals surface area contributed by atoms with Gasteiger partial charge in [-0.3, -0.25) is 9.88 Å². The van der Waals surface area contributed by atoms with Crippen LogP contribution in [0.2, 0.25) is 5.02 Å². The molecule has 0 aliphatic carbocycles. The van der Waals surface area contributed by atoms with Gasteiger partial charge in [0.2, 0.25) is 0 Å². The summed E-state index contributed by atoms with van der Waals surface area (Å²) in [5.41, 5.74) is -0.0807. The Balaban J connectivity index is 1.74. The number of halogens is 4. The first-order valence-electron chi connectivity index (χ1n) is 7.95. The van der Waals surface area contributed by atoms with Crippen molar-refractivity contribution in [1.82, 2.24) is 4.98 Å². The van der Waals surface area contributed by atoms with Crippen molar-refractivity contribution in [2.75, 3.05) is 10.2 Å². The lowest BCUT2D eigenvalue weighted by atomic mass is 10.1. The van der Waals surface area contributed by atoms with E-state index in [9.17, 15) is 23.1 Å². The fourth-order valence-corrected chi connectivity index (χ4v) is 4.29. The van der Waals surface area contributed by atoms with E-state index in [1.54, 1.807) is 30.3 Å². The topological polar surface area (TPSA) is 65.5 Å². The Labute approximate surface area is 166 Å². The summed E-state index contributed by atoms with van der Waals surface area (Å²) in [5, 5.41) is 13.8. The van der Waals surface area contributed by atoms with Gasteiger partial charge in [0.25, 0.3) is 0 Å². The first kappa shape index (κ1) is 18.7. The van der Waals surface area contributed by atoms with E-state index in [2.05, 4.69) is 10.3 Å². The van der Waals surface area contributed by atoms with Gasteiger partial charge in [-0.15, -0.1) is 11.3 Å². The van der Waals surface area contributed by atoms with Gasteiger partial charge in [-0.2, -0.15) is 13.2 Å². The molecule has 1 atom stereocenters. The lowest BCUT2D eigenvalue weighted by Crippen LogP contribution is -2.42. The van der Waals surface area contributed by atoms with E-state index >= 15 is 0 Å². The minimum atomic E-state index is -4.62. The van der Waals surface area contributed by atoms with Crippen molar-refractivity contribution >= 4 is 40.3 Å². The van der Waals surface area contributed by atoms with Gasteiger partial charge in [0.05, 0.1) is 28.0 Å². The number of nitrogens with zero attached hydrogens (tertiary/aromatic N) is 2. The van der Waals surface area contributed by atoms with Crippen molar-refractivity contribution in [3.8, 4) is 10.4 Å². The number of fused-ring (bicyclic) bond motifs is 1. The van der Waals surface area contributed by atoms with Crippen LogP contribution >= 0.6 is 22.9 Å². The Morgan fingerprint density at radius 3 is 2.68 bits per heavy atom. The van der Waals surface area contributed by atoms with Gasteiger partial charge < -0.3 is 10.4 Å². The Kier molecular flexibility index (Phi) is 4.53. The molecule has 2 amide bonds. The van der Waals surface area contributed by atoms with Crippen LogP contribution in [-0.4, -0.2) is 16.1 Å². The third-order valence-electron chi connectivity index (χ3n) is 4.17. The van der Waals surface area contributed by atoms with E-state index in [4.69, 9.17) is 11.6 Å². The summed E-state index contributed by atoms with van der Waals surface area (Å²) in [6, 6.07) is 8.76. The second kappa shape index (κ2) is 6.77. The van der Waals surface area contributed by atoms with Crippen LogP contribution in [0.1, 0.15) is 16.7 Å². The van der Waals surface area contributed by atoms with Crippen LogP contribution in [0.25, 0.3) is 10.4 Å². The number of thiophene rings is 1. The van der Waals surface area contributed by atoms with Crippen molar-refractivity contribution in [3.63, 3.8) is 0 Å². The molecule has 4 rings (SSSR count). The molecule has 5 nitrogen and oxygen atoms in total. The molecule has 0 spiro atoms. The molecular formula is C18H11ClF3N3O2S. The zero-order valence-corrected chi connectivity index (χ0v) is 15.4. The van der Waals surface area contributed by atoms with Crippen LogP contribution in [0.5, 0.6) is 0 Å². The predicted molar refractivity (Wildman–Crippen MR) is 100 cm³/mol. The Bertz CT molecular complexity index is 1070. The van der Waals surface area contributed by atoms with Gasteiger partial charge >= 0.3 is 12.2 Å². The van der Waals surface area contributed by atoms with Gasteiger partial charge in [-0.05, 0) is 18.2 Å². The zero-order chi connectivity index (χ0) is 20.1. The summed E-state index contributed by atoms with van der Waals surface area (Å²) in [6.45, 7) is 0. The van der Waals surface area contributed by atoms with Crippen molar-refractivity contribution in [1.29, 1.82) is 0 Å². The number of rotatable bonds is 2. The number of aliphatic hydroxyl groups is 1. The molecule has 3 aromatic rings. The molecular weight excluding hydrogens is 415 g/mol. The molecule has 10 heteroatoms. The van der Waals surface area contributed by atoms with Crippen LogP contribution in [0.3, 0.4) is 0 Å². The minimum absolute atomic E-state index is 0.168. The average Bonchev–Trinajstić information content (AvgIpc) is 3.05. The Morgan fingerprint density at radius 2 is 1.96 bits per heavy atom. The highest BCUT2D eigenvalue weighted by molar-refractivity contribution is 7.16. The number of alkyl halides is 3. The SMILES string of the molecule is O=C1Nc2cc(-c3ccccc3Cl)sc2C(O)N1c1cncc(C(F)(F)F)c1. The van der Waals surface area contributed by atoms with Gasteiger partial charge in [-0.25, -0.2) is 4.79 Å². The summed E-state index contributed by atoms with van der Waals surface area (Å²) < 4.78 is 38.9. The van der Waals surface area contributed by atoms with Crippen molar-refractivity contribution in [2.45, 2.75) is 12.4 Å². The molecule has 0 fully saturated rings. The molecule has 1 aliphatic heterocycles. The molecule has 2 N–H and O–H groups in total. The van der Waals surface area contributed by atoms with E-state index < -0.39 is 24.0 Å². The lowest BCUT2D eigenvalue weighted by Gasteiger charge is -2.32. The number of pyridine rings is 1. The Morgan fingerprint density at radius 1 is 1.21 bits per heavy atom. The molecule has 1 aliphatic rings. The van der Waals surface area contributed by atoms with Crippen molar-refractivity contribution in [2.24, 2.45) is 0 Å². The fourth-order valence-electron chi connectivity index (χ4n) is 2.87. The number of benzene rings is 1. The maximum absolute atomic E-state index is 13.0. The largest absolute Gasteiger partial charge is 0.417 e. The zero-order valence-electron chi connectivity index (χ0n) is 13.9. The number of urea groups is 1. The number of carbonyl (C=O) groups excluding carboxylic acids is 1. The molecule has 1 aromatic carbocycles. The quantitative estimate of drug-likeness (QED) is 0.567. The third-order valence-corrected chi connectivity index (χ3v) is 5.71. The highest BCUT2D eigenvalue weighted by atomic mass is 35.5. The monoisotopic (exact) mass is 425 g/mol. The highest BCUT2D eigenvalue weighted by Gasteiger charge is 2.37. The fraction of sp³-hybridized carbons (Fsp3) is 0.111.